The topological polar surface area (TPSA) is 29.9 Å². The molecule has 0 amide bonds. The second kappa shape index (κ2) is 5.02. The molecule has 0 bridgehead atoms. The third-order valence-corrected chi connectivity index (χ3v) is 3.35. The average Bonchev–Trinajstić information content (AvgIpc) is 2.61. The van der Waals surface area contributed by atoms with Crippen LogP contribution in [0, 0.1) is 11.7 Å². The molecule has 1 aromatic heterocycles. The zero-order valence-corrected chi connectivity index (χ0v) is 11.3. The average molecular weight is 250 g/mol. The van der Waals surface area contributed by atoms with Crippen molar-refractivity contribution >= 4 is 23.3 Å². The van der Waals surface area contributed by atoms with Crippen LogP contribution in [-0.2, 0) is 4.74 Å². The molecule has 0 radical (unpaired) electrons. The molecule has 2 aromatic rings. The Morgan fingerprint density at radius 1 is 1.47 bits per heavy atom. The Morgan fingerprint density at radius 2 is 2.24 bits per heavy atom. The Labute approximate surface area is 106 Å². The lowest BCUT2D eigenvalue weighted by Crippen LogP contribution is -2.07. The number of imidazole rings is 1. The van der Waals surface area contributed by atoms with Gasteiger partial charge >= 0.3 is 0 Å². The highest BCUT2D eigenvalue weighted by Gasteiger charge is 2.10. The summed E-state index contributed by atoms with van der Waals surface area (Å²) in [6.07, 6.45) is 0.964. The quantitative estimate of drug-likeness (QED) is 0.840. The number of hydrogen-bond acceptors (Lipinski definition) is 2. The van der Waals surface area contributed by atoms with Crippen molar-refractivity contribution < 1.29 is 4.74 Å². The van der Waals surface area contributed by atoms with Gasteiger partial charge in [0.2, 0.25) is 0 Å². The van der Waals surface area contributed by atoms with Gasteiger partial charge in [-0.2, -0.15) is 0 Å². The van der Waals surface area contributed by atoms with E-state index in [-0.39, 0.29) is 0 Å². The monoisotopic (exact) mass is 250 g/mol. The number of benzene rings is 1. The number of nitrogens with one attached hydrogen (secondary N) is 1. The summed E-state index contributed by atoms with van der Waals surface area (Å²) >= 11 is 5.39. The van der Waals surface area contributed by atoms with Crippen LogP contribution >= 0.6 is 12.2 Å². The van der Waals surface area contributed by atoms with Crippen LogP contribution in [-0.4, -0.2) is 23.3 Å². The van der Waals surface area contributed by atoms with Crippen molar-refractivity contribution in [3.63, 3.8) is 0 Å². The molecule has 0 spiro atoms. The fourth-order valence-corrected chi connectivity index (χ4v) is 2.47. The summed E-state index contributed by atoms with van der Waals surface area (Å²) in [6, 6.07) is 6.70. The molecular weight excluding hydrogens is 232 g/mol. The molecule has 4 heteroatoms. The van der Waals surface area contributed by atoms with Gasteiger partial charge in [-0.25, -0.2) is 0 Å². The van der Waals surface area contributed by atoms with E-state index in [1.807, 2.05) is 0 Å². The molecule has 1 aromatic carbocycles. The second-order valence-electron chi connectivity index (χ2n) is 4.45. The van der Waals surface area contributed by atoms with Crippen molar-refractivity contribution in [2.24, 2.45) is 0 Å². The number of hydrogen-bond donors (Lipinski definition) is 1. The highest BCUT2D eigenvalue weighted by molar-refractivity contribution is 7.71. The maximum absolute atomic E-state index is 5.39. The summed E-state index contributed by atoms with van der Waals surface area (Å²) in [5.74, 6) is 0. The lowest BCUT2D eigenvalue weighted by molar-refractivity contribution is 0.181. The molecular formula is C13H18N2OS. The van der Waals surface area contributed by atoms with Crippen LogP contribution in [0.25, 0.3) is 11.0 Å². The van der Waals surface area contributed by atoms with Crippen LogP contribution in [0.5, 0.6) is 0 Å². The largest absolute Gasteiger partial charge is 0.385 e. The first-order chi connectivity index (χ1) is 8.13. The van der Waals surface area contributed by atoms with Crippen molar-refractivity contribution in [3.8, 4) is 0 Å². The first kappa shape index (κ1) is 12.3. The Bertz CT molecular complexity index is 570. The van der Waals surface area contributed by atoms with Crippen LogP contribution in [0.1, 0.15) is 24.9 Å². The van der Waals surface area contributed by atoms with Crippen molar-refractivity contribution in [1.29, 1.82) is 0 Å². The van der Waals surface area contributed by atoms with E-state index in [0.717, 1.165) is 23.3 Å². The van der Waals surface area contributed by atoms with Gasteiger partial charge in [0.25, 0.3) is 0 Å². The molecule has 92 valence electrons. The number of aromatic amines is 1. The number of nitrogens with zero attached hydrogens (tertiary/aromatic N) is 1. The normalized spacial score (nSPS) is 13.1. The van der Waals surface area contributed by atoms with Gasteiger partial charge < -0.3 is 14.3 Å². The summed E-state index contributed by atoms with van der Waals surface area (Å²) < 4.78 is 8.09. The number of fused-ring (bicyclic) bond motifs is 1. The smallest absolute Gasteiger partial charge is 0.178 e. The number of rotatable bonds is 4. The van der Waals surface area contributed by atoms with Crippen LogP contribution in [0.15, 0.2) is 18.2 Å². The zero-order valence-electron chi connectivity index (χ0n) is 10.5. The summed E-state index contributed by atoms with van der Waals surface area (Å²) in [5.41, 5.74) is 3.53. The van der Waals surface area contributed by atoms with Gasteiger partial charge in [-0.3, -0.25) is 0 Å². The summed E-state index contributed by atoms with van der Waals surface area (Å²) in [5, 5.41) is 0. The number of methoxy groups -OCH3 is 1. The predicted molar refractivity (Wildman–Crippen MR) is 73.1 cm³/mol. The Kier molecular flexibility index (Phi) is 3.64. The molecule has 0 saturated heterocycles. The van der Waals surface area contributed by atoms with E-state index >= 15 is 0 Å². The van der Waals surface area contributed by atoms with Gasteiger partial charge in [0.15, 0.2) is 4.77 Å². The van der Waals surface area contributed by atoms with E-state index in [9.17, 15) is 0 Å². The number of ether oxygens (including phenoxy) is 1. The highest BCUT2D eigenvalue weighted by atomic mass is 32.1. The van der Waals surface area contributed by atoms with E-state index in [1.54, 1.807) is 7.11 Å². The van der Waals surface area contributed by atoms with Crippen molar-refractivity contribution in [1.82, 2.24) is 9.55 Å². The molecule has 0 aliphatic carbocycles. The van der Waals surface area contributed by atoms with Crippen molar-refractivity contribution in [2.45, 2.75) is 26.3 Å². The van der Waals surface area contributed by atoms with Gasteiger partial charge in [0.1, 0.15) is 0 Å². The molecule has 0 aliphatic rings. The van der Waals surface area contributed by atoms with Gasteiger partial charge in [-0.15, -0.1) is 0 Å². The Hall–Kier alpha value is -1.13. The van der Waals surface area contributed by atoms with Gasteiger partial charge in [0.05, 0.1) is 11.0 Å². The van der Waals surface area contributed by atoms with E-state index in [2.05, 4.69) is 41.6 Å². The Morgan fingerprint density at radius 3 is 2.94 bits per heavy atom. The first-order valence-electron chi connectivity index (χ1n) is 5.83. The predicted octanol–water partition coefficient (Wildman–Crippen LogP) is 3.60. The molecule has 0 fully saturated rings. The van der Waals surface area contributed by atoms with Crippen molar-refractivity contribution in [2.75, 3.05) is 13.7 Å². The van der Waals surface area contributed by atoms with Gasteiger partial charge in [0, 0.05) is 19.8 Å². The van der Waals surface area contributed by atoms with Gasteiger partial charge in [-0.1, -0.05) is 6.07 Å². The molecule has 1 N–H and O–H groups in total. The highest BCUT2D eigenvalue weighted by Crippen LogP contribution is 2.22. The standard InChI is InChI=1S/C13H18N2OS/c1-9-4-5-11-12(8-9)15(13(17)14-11)10(2)6-7-16-3/h4-5,8,10H,6-7H2,1-3H3,(H,14,17). The minimum Gasteiger partial charge on any atom is -0.385 e. The lowest BCUT2D eigenvalue weighted by atomic mass is 10.2. The molecule has 2 rings (SSSR count). The maximum Gasteiger partial charge on any atom is 0.178 e. The summed E-state index contributed by atoms with van der Waals surface area (Å²) in [7, 11) is 1.73. The van der Waals surface area contributed by atoms with E-state index in [4.69, 9.17) is 17.0 Å². The third-order valence-electron chi connectivity index (χ3n) is 3.05. The van der Waals surface area contributed by atoms with Crippen LogP contribution < -0.4 is 0 Å². The molecule has 1 atom stereocenters. The Balaban J connectivity index is 2.48. The lowest BCUT2D eigenvalue weighted by Gasteiger charge is -2.14. The number of aromatic nitrogens is 2. The summed E-state index contributed by atoms with van der Waals surface area (Å²) in [6.45, 7) is 5.02. The molecule has 0 saturated carbocycles. The molecule has 1 heterocycles. The minimum atomic E-state index is 0.345. The van der Waals surface area contributed by atoms with Crippen LogP contribution in [0.3, 0.4) is 0 Å². The molecule has 1 unspecified atom stereocenters. The zero-order chi connectivity index (χ0) is 12.4. The van der Waals surface area contributed by atoms with E-state index < -0.39 is 0 Å². The van der Waals surface area contributed by atoms with E-state index in [0.29, 0.717) is 6.04 Å². The fraction of sp³-hybridized carbons (Fsp3) is 0.462. The molecule has 17 heavy (non-hydrogen) atoms. The number of aryl methyl sites for hydroxylation is 1. The van der Waals surface area contributed by atoms with Crippen LogP contribution in [0.4, 0.5) is 0 Å². The maximum atomic E-state index is 5.39. The third kappa shape index (κ3) is 2.42. The minimum absolute atomic E-state index is 0.345. The first-order valence-corrected chi connectivity index (χ1v) is 6.24. The van der Waals surface area contributed by atoms with Crippen LogP contribution in [0.2, 0.25) is 0 Å². The van der Waals surface area contributed by atoms with E-state index in [1.165, 1.54) is 11.1 Å². The molecule has 0 aliphatic heterocycles. The van der Waals surface area contributed by atoms with Crippen molar-refractivity contribution in [3.05, 3.63) is 28.5 Å². The summed E-state index contributed by atoms with van der Waals surface area (Å²) in [4.78, 5) is 3.25. The molecule has 3 nitrogen and oxygen atoms in total. The fourth-order valence-electron chi connectivity index (χ4n) is 2.09. The second-order valence-corrected chi connectivity index (χ2v) is 4.84. The SMILES string of the molecule is COCCC(C)n1c(=S)[nH]c2ccc(C)cc21. The van der Waals surface area contributed by atoms with Gasteiger partial charge in [-0.05, 0) is 50.2 Å². The number of H-pyrrole nitrogens is 1.